The van der Waals surface area contributed by atoms with E-state index in [0.717, 1.165) is 12.8 Å². The van der Waals surface area contributed by atoms with Gasteiger partial charge in [-0.05, 0) is 26.2 Å². The second-order valence-electron chi connectivity index (χ2n) is 4.75. The van der Waals surface area contributed by atoms with Crippen LogP contribution in [-0.4, -0.2) is 34.5 Å². The zero-order chi connectivity index (χ0) is 12.3. The van der Waals surface area contributed by atoms with Crippen molar-refractivity contribution in [2.75, 3.05) is 0 Å². The van der Waals surface area contributed by atoms with Crippen LogP contribution in [0.2, 0.25) is 0 Å². The molecule has 0 aromatic carbocycles. The molecule has 0 aromatic rings. The number of rotatable bonds is 5. The number of aliphatic carboxylic acids is 1. The lowest BCUT2D eigenvalue weighted by molar-refractivity contribution is -0.147. The van der Waals surface area contributed by atoms with Gasteiger partial charge in [-0.25, -0.2) is 0 Å². The highest BCUT2D eigenvalue weighted by Gasteiger charge is 2.36. The Kier molecular flexibility index (Phi) is 4.74. The lowest BCUT2D eigenvalue weighted by atomic mass is 9.94. The molecule has 0 saturated carbocycles. The van der Waals surface area contributed by atoms with Gasteiger partial charge in [0.25, 0.3) is 0 Å². The number of carboxylic acids is 1. The molecule has 1 aliphatic rings. The molecule has 0 aliphatic carbocycles. The topological polar surface area (TPSA) is 66.8 Å². The molecule has 5 atom stereocenters. The van der Waals surface area contributed by atoms with E-state index in [9.17, 15) is 9.90 Å². The lowest BCUT2D eigenvalue weighted by Gasteiger charge is -2.25. The summed E-state index contributed by atoms with van der Waals surface area (Å²) in [6, 6.07) is 0. The van der Waals surface area contributed by atoms with Crippen molar-refractivity contribution in [3.05, 3.63) is 0 Å². The predicted molar refractivity (Wildman–Crippen MR) is 60.2 cm³/mol. The minimum atomic E-state index is -0.811. The molecule has 0 aromatic heterocycles. The summed E-state index contributed by atoms with van der Waals surface area (Å²) < 4.78 is 5.73. The highest BCUT2D eigenvalue weighted by atomic mass is 16.5. The largest absolute Gasteiger partial charge is 0.481 e. The lowest BCUT2D eigenvalue weighted by Crippen LogP contribution is -2.31. The van der Waals surface area contributed by atoms with E-state index in [4.69, 9.17) is 9.84 Å². The summed E-state index contributed by atoms with van der Waals surface area (Å²) in [4.78, 5) is 10.8. The van der Waals surface area contributed by atoms with Gasteiger partial charge in [0.2, 0.25) is 0 Å². The Morgan fingerprint density at radius 3 is 2.44 bits per heavy atom. The van der Waals surface area contributed by atoms with Gasteiger partial charge >= 0.3 is 5.97 Å². The van der Waals surface area contributed by atoms with Crippen molar-refractivity contribution in [2.45, 2.75) is 58.3 Å². The molecular formula is C12H22O4. The Bertz CT molecular complexity index is 241. The van der Waals surface area contributed by atoms with Crippen molar-refractivity contribution < 1.29 is 19.7 Å². The molecule has 94 valence electrons. The molecule has 0 amide bonds. The van der Waals surface area contributed by atoms with Crippen LogP contribution in [0, 0.1) is 11.8 Å². The van der Waals surface area contributed by atoms with E-state index < -0.39 is 11.9 Å². The SMILES string of the molecule is CC[C@H](O)[C@H](C)[C@@H]1CC[C@H]([C@@H](C)C(=O)O)O1. The maximum absolute atomic E-state index is 10.8. The first kappa shape index (κ1) is 13.5. The smallest absolute Gasteiger partial charge is 0.308 e. The van der Waals surface area contributed by atoms with E-state index in [-0.39, 0.29) is 24.2 Å². The Balaban J connectivity index is 2.49. The normalized spacial score (nSPS) is 31.0. The van der Waals surface area contributed by atoms with E-state index in [2.05, 4.69) is 0 Å². The van der Waals surface area contributed by atoms with Gasteiger partial charge in [0.1, 0.15) is 0 Å². The third kappa shape index (κ3) is 2.95. The molecule has 1 fully saturated rings. The van der Waals surface area contributed by atoms with E-state index in [1.807, 2.05) is 13.8 Å². The van der Waals surface area contributed by atoms with Crippen molar-refractivity contribution in [3.63, 3.8) is 0 Å². The highest BCUT2D eigenvalue weighted by Crippen LogP contribution is 2.31. The van der Waals surface area contributed by atoms with Gasteiger partial charge in [0, 0.05) is 5.92 Å². The Labute approximate surface area is 96.6 Å². The zero-order valence-corrected chi connectivity index (χ0v) is 10.2. The van der Waals surface area contributed by atoms with E-state index >= 15 is 0 Å². The maximum Gasteiger partial charge on any atom is 0.308 e. The number of ether oxygens (including phenoxy) is 1. The summed E-state index contributed by atoms with van der Waals surface area (Å²) in [7, 11) is 0. The number of carbonyl (C=O) groups is 1. The molecule has 0 radical (unpaired) electrons. The molecule has 2 N–H and O–H groups in total. The van der Waals surface area contributed by atoms with Gasteiger partial charge in [-0.3, -0.25) is 4.79 Å². The van der Waals surface area contributed by atoms with Crippen LogP contribution < -0.4 is 0 Å². The van der Waals surface area contributed by atoms with Crippen LogP contribution in [0.15, 0.2) is 0 Å². The Morgan fingerprint density at radius 2 is 1.94 bits per heavy atom. The van der Waals surface area contributed by atoms with Gasteiger partial charge in [0.05, 0.1) is 24.2 Å². The van der Waals surface area contributed by atoms with Gasteiger partial charge in [-0.15, -0.1) is 0 Å². The van der Waals surface area contributed by atoms with Gasteiger partial charge in [0.15, 0.2) is 0 Å². The highest BCUT2D eigenvalue weighted by molar-refractivity contribution is 5.70. The fourth-order valence-corrected chi connectivity index (χ4v) is 2.22. The van der Waals surface area contributed by atoms with Gasteiger partial charge < -0.3 is 14.9 Å². The van der Waals surface area contributed by atoms with Crippen LogP contribution >= 0.6 is 0 Å². The molecule has 0 unspecified atom stereocenters. The minimum absolute atomic E-state index is 0.00162. The summed E-state index contributed by atoms with van der Waals surface area (Å²) in [6.07, 6.45) is 1.78. The monoisotopic (exact) mass is 230 g/mol. The molecular weight excluding hydrogens is 208 g/mol. The van der Waals surface area contributed by atoms with Crippen molar-refractivity contribution >= 4 is 5.97 Å². The van der Waals surface area contributed by atoms with E-state index in [1.165, 1.54) is 0 Å². The molecule has 16 heavy (non-hydrogen) atoms. The summed E-state index contributed by atoms with van der Waals surface area (Å²) >= 11 is 0. The molecule has 1 saturated heterocycles. The standard InChI is InChI=1S/C12H22O4/c1-4-9(13)7(2)10-5-6-11(16-10)8(3)12(14)15/h7-11,13H,4-6H2,1-3H3,(H,14,15)/t7-,8+,9-,10-,11+/m0/s1. The summed E-state index contributed by atoms with van der Waals surface area (Å²) in [5.74, 6) is -1.19. The predicted octanol–water partition coefficient (Wildman–Crippen LogP) is 1.66. The van der Waals surface area contributed by atoms with Crippen LogP contribution in [-0.2, 0) is 9.53 Å². The van der Waals surface area contributed by atoms with E-state index in [0.29, 0.717) is 6.42 Å². The second kappa shape index (κ2) is 5.64. The molecule has 4 heteroatoms. The zero-order valence-electron chi connectivity index (χ0n) is 10.2. The number of aliphatic hydroxyl groups is 1. The maximum atomic E-state index is 10.8. The fourth-order valence-electron chi connectivity index (χ4n) is 2.22. The van der Waals surface area contributed by atoms with Gasteiger partial charge in [-0.2, -0.15) is 0 Å². The van der Waals surface area contributed by atoms with Crippen molar-refractivity contribution in [3.8, 4) is 0 Å². The third-order valence-electron chi connectivity index (χ3n) is 3.64. The Morgan fingerprint density at radius 1 is 1.38 bits per heavy atom. The number of hydrogen-bond donors (Lipinski definition) is 2. The first-order valence-electron chi connectivity index (χ1n) is 6.03. The molecule has 0 spiro atoms. The van der Waals surface area contributed by atoms with Crippen LogP contribution in [0.25, 0.3) is 0 Å². The van der Waals surface area contributed by atoms with Gasteiger partial charge in [-0.1, -0.05) is 13.8 Å². The van der Waals surface area contributed by atoms with Crippen LogP contribution in [0.5, 0.6) is 0 Å². The van der Waals surface area contributed by atoms with Crippen molar-refractivity contribution in [1.29, 1.82) is 0 Å². The first-order valence-corrected chi connectivity index (χ1v) is 6.03. The number of hydrogen-bond acceptors (Lipinski definition) is 3. The summed E-state index contributed by atoms with van der Waals surface area (Å²) in [5, 5.41) is 18.6. The number of carboxylic acid groups (broad SMARTS) is 1. The first-order chi connectivity index (χ1) is 7.47. The van der Waals surface area contributed by atoms with Crippen LogP contribution in [0.4, 0.5) is 0 Å². The van der Waals surface area contributed by atoms with Crippen molar-refractivity contribution in [2.24, 2.45) is 11.8 Å². The third-order valence-corrected chi connectivity index (χ3v) is 3.64. The fraction of sp³-hybridized carbons (Fsp3) is 0.917. The van der Waals surface area contributed by atoms with E-state index in [1.54, 1.807) is 6.92 Å². The average Bonchev–Trinajstić information content (AvgIpc) is 2.74. The molecule has 1 rings (SSSR count). The second-order valence-corrected chi connectivity index (χ2v) is 4.75. The van der Waals surface area contributed by atoms with Crippen molar-refractivity contribution in [1.82, 2.24) is 0 Å². The van der Waals surface area contributed by atoms with Crippen LogP contribution in [0.1, 0.15) is 40.0 Å². The molecule has 1 heterocycles. The quantitative estimate of drug-likeness (QED) is 0.753. The molecule has 0 bridgehead atoms. The average molecular weight is 230 g/mol. The number of aliphatic hydroxyl groups excluding tert-OH is 1. The molecule has 1 aliphatic heterocycles. The summed E-state index contributed by atoms with van der Waals surface area (Å²) in [5.41, 5.74) is 0. The Hall–Kier alpha value is -0.610. The summed E-state index contributed by atoms with van der Waals surface area (Å²) in [6.45, 7) is 5.58. The minimum Gasteiger partial charge on any atom is -0.481 e. The van der Waals surface area contributed by atoms with Crippen LogP contribution in [0.3, 0.4) is 0 Å². The molecule has 4 nitrogen and oxygen atoms in total.